The number of pyridine rings is 1. The molecule has 1 aromatic heterocycles. The molecule has 2 aromatic carbocycles. The molecule has 148 valence electrons. The predicted molar refractivity (Wildman–Crippen MR) is 114 cm³/mol. The standard InChI is InChI=1S/C21H18ClN3O3S/c22-19-6-2-1-4-17(19)14-29(27,28)24-18-8-7-15-9-11-25(20(15)12-18)21(26)16-5-3-10-23-13-16/h1-8,10,12-13,24H,9,11,14H2. The van der Waals surface area contributed by atoms with Gasteiger partial charge >= 0.3 is 0 Å². The molecule has 4 rings (SSSR count). The minimum Gasteiger partial charge on any atom is -0.308 e. The van der Waals surface area contributed by atoms with Gasteiger partial charge in [0.25, 0.3) is 5.91 Å². The Morgan fingerprint density at radius 1 is 1.14 bits per heavy atom. The maximum absolute atomic E-state index is 12.8. The van der Waals surface area contributed by atoms with E-state index >= 15 is 0 Å². The number of carbonyl (C=O) groups is 1. The summed E-state index contributed by atoms with van der Waals surface area (Å²) < 4.78 is 27.8. The Bertz CT molecular complexity index is 1170. The minimum atomic E-state index is -3.67. The molecule has 1 N–H and O–H groups in total. The smallest absolute Gasteiger partial charge is 0.259 e. The van der Waals surface area contributed by atoms with E-state index in [1.165, 1.54) is 6.20 Å². The second kappa shape index (κ2) is 7.85. The van der Waals surface area contributed by atoms with Crippen molar-refractivity contribution >= 4 is 38.9 Å². The van der Waals surface area contributed by atoms with E-state index in [0.29, 0.717) is 40.5 Å². The van der Waals surface area contributed by atoms with Crippen molar-refractivity contribution < 1.29 is 13.2 Å². The van der Waals surface area contributed by atoms with Gasteiger partial charge in [0, 0.05) is 29.6 Å². The normalized spacial score (nSPS) is 13.2. The molecule has 3 aromatic rings. The monoisotopic (exact) mass is 427 g/mol. The largest absolute Gasteiger partial charge is 0.308 e. The molecule has 1 amide bonds. The van der Waals surface area contributed by atoms with Gasteiger partial charge in [0.1, 0.15) is 0 Å². The van der Waals surface area contributed by atoms with Crippen molar-refractivity contribution in [2.45, 2.75) is 12.2 Å². The summed E-state index contributed by atoms with van der Waals surface area (Å²) in [6, 6.07) is 15.5. The number of nitrogens with one attached hydrogen (secondary N) is 1. The first kappa shape index (κ1) is 19.4. The molecule has 0 saturated carbocycles. The summed E-state index contributed by atoms with van der Waals surface area (Å²) in [5, 5.41) is 0.403. The quantitative estimate of drug-likeness (QED) is 0.670. The third-order valence-corrected chi connectivity index (χ3v) is 6.32. The zero-order valence-electron chi connectivity index (χ0n) is 15.4. The Balaban J connectivity index is 1.57. The highest BCUT2D eigenvalue weighted by atomic mass is 35.5. The van der Waals surface area contributed by atoms with Gasteiger partial charge in [-0.05, 0) is 47.9 Å². The molecule has 0 fully saturated rings. The van der Waals surface area contributed by atoms with Crippen molar-refractivity contribution in [1.29, 1.82) is 0 Å². The van der Waals surface area contributed by atoms with Gasteiger partial charge in [-0.15, -0.1) is 0 Å². The van der Waals surface area contributed by atoms with Gasteiger partial charge in [0.15, 0.2) is 0 Å². The lowest BCUT2D eigenvalue weighted by molar-refractivity contribution is 0.0989. The summed E-state index contributed by atoms with van der Waals surface area (Å²) in [5.74, 6) is -0.393. The molecule has 0 spiro atoms. The first-order valence-electron chi connectivity index (χ1n) is 9.02. The van der Waals surface area contributed by atoms with Gasteiger partial charge in [-0.3, -0.25) is 14.5 Å². The van der Waals surface area contributed by atoms with Gasteiger partial charge in [-0.1, -0.05) is 35.9 Å². The lowest BCUT2D eigenvalue weighted by Gasteiger charge is -2.18. The SMILES string of the molecule is O=C(c1cccnc1)N1CCc2ccc(NS(=O)(=O)Cc3ccccc3Cl)cc21. The lowest BCUT2D eigenvalue weighted by atomic mass is 10.1. The summed E-state index contributed by atoms with van der Waals surface area (Å²) in [6.07, 6.45) is 3.85. The van der Waals surface area contributed by atoms with E-state index in [1.54, 1.807) is 59.6 Å². The van der Waals surface area contributed by atoms with E-state index in [1.807, 2.05) is 6.07 Å². The second-order valence-electron chi connectivity index (χ2n) is 6.74. The fourth-order valence-electron chi connectivity index (χ4n) is 3.33. The van der Waals surface area contributed by atoms with Crippen LogP contribution in [0.15, 0.2) is 67.0 Å². The van der Waals surface area contributed by atoms with Gasteiger partial charge < -0.3 is 4.90 Å². The number of carbonyl (C=O) groups excluding carboxylic acids is 1. The van der Waals surface area contributed by atoms with E-state index < -0.39 is 10.0 Å². The molecule has 0 bridgehead atoms. The first-order valence-corrected chi connectivity index (χ1v) is 11.0. The molecule has 0 saturated heterocycles. The van der Waals surface area contributed by atoms with Crippen LogP contribution in [0.1, 0.15) is 21.5 Å². The molecule has 1 aliphatic heterocycles. The molecule has 6 nitrogen and oxygen atoms in total. The van der Waals surface area contributed by atoms with Crippen LogP contribution >= 0.6 is 11.6 Å². The summed E-state index contributed by atoms with van der Waals surface area (Å²) >= 11 is 6.08. The van der Waals surface area contributed by atoms with Crippen molar-refractivity contribution in [3.8, 4) is 0 Å². The number of amides is 1. The molecular formula is C21H18ClN3O3S. The van der Waals surface area contributed by atoms with Gasteiger partial charge in [0.2, 0.25) is 10.0 Å². The number of fused-ring (bicyclic) bond motifs is 1. The average Bonchev–Trinajstić information content (AvgIpc) is 3.12. The number of halogens is 1. The highest BCUT2D eigenvalue weighted by Crippen LogP contribution is 2.32. The Morgan fingerprint density at radius 2 is 1.97 bits per heavy atom. The van der Waals surface area contributed by atoms with Crippen LogP contribution in [0.2, 0.25) is 5.02 Å². The summed E-state index contributed by atoms with van der Waals surface area (Å²) in [5.41, 5.74) is 3.12. The first-order chi connectivity index (χ1) is 13.9. The van der Waals surface area contributed by atoms with E-state index in [2.05, 4.69) is 9.71 Å². The zero-order chi connectivity index (χ0) is 20.4. The van der Waals surface area contributed by atoms with Crippen LogP contribution in [0.4, 0.5) is 11.4 Å². The van der Waals surface area contributed by atoms with Crippen LogP contribution in [0.3, 0.4) is 0 Å². The number of rotatable bonds is 5. The fourth-order valence-corrected chi connectivity index (χ4v) is 4.84. The molecular weight excluding hydrogens is 410 g/mol. The molecule has 2 heterocycles. The van der Waals surface area contributed by atoms with Crippen molar-refractivity contribution in [2.24, 2.45) is 0 Å². The van der Waals surface area contributed by atoms with E-state index in [4.69, 9.17) is 11.6 Å². The number of nitrogens with zero attached hydrogens (tertiary/aromatic N) is 2. The van der Waals surface area contributed by atoms with Gasteiger partial charge in [-0.25, -0.2) is 8.42 Å². The van der Waals surface area contributed by atoms with E-state index in [0.717, 1.165) is 5.56 Å². The number of aromatic nitrogens is 1. The van der Waals surface area contributed by atoms with Crippen LogP contribution in [0.5, 0.6) is 0 Å². The van der Waals surface area contributed by atoms with Crippen molar-refractivity contribution in [3.63, 3.8) is 0 Å². The van der Waals surface area contributed by atoms with Crippen LogP contribution < -0.4 is 9.62 Å². The molecule has 0 aliphatic carbocycles. The van der Waals surface area contributed by atoms with Crippen LogP contribution in [-0.4, -0.2) is 25.9 Å². The predicted octanol–water partition coefficient (Wildman–Crippen LogP) is 3.88. The average molecular weight is 428 g/mol. The Labute approximate surface area is 174 Å². The van der Waals surface area contributed by atoms with Crippen molar-refractivity contribution in [3.05, 3.63) is 88.7 Å². The fraction of sp³-hybridized carbons (Fsp3) is 0.143. The maximum atomic E-state index is 12.8. The highest BCUT2D eigenvalue weighted by molar-refractivity contribution is 7.91. The van der Waals surface area contributed by atoms with Crippen LogP contribution in [0.25, 0.3) is 0 Å². The highest BCUT2D eigenvalue weighted by Gasteiger charge is 2.26. The third-order valence-electron chi connectivity index (χ3n) is 4.71. The summed E-state index contributed by atoms with van der Waals surface area (Å²) in [7, 11) is -3.67. The summed E-state index contributed by atoms with van der Waals surface area (Å²) in [4.78, 5) is 18.5. The minimum absolute atomic E-state index is 0.159. The van der Waals surface area contributed by atoms with Crippen LogP contribution in [0, 0.1) is 0 Å². The third kappa shape index (κ3) is 4.26. The number of anilines is 2. The topological polar surface area (TPSA) is 79.4 Å². The van der Waals surface area contributed by atoms with Gasteiger partial charge in [-0.2, -0.15) is 0 Å². The van der Waals surface area contributed by atoms with Crippen molar-refractivity contribution in [2.75, 3.05) is 16.2 Å². The van der Waals surface area contributed by atoms with E-state index in [9.17, 15) is 13.2 Å². The Morgan fingerprint density at radius 3 is 2.72 bits per heavy atom. The van der Waals surface area contributed by atoms with Crippen LogP contribution in [-0.2, 0) is 22.2 Å². The molecule has 8 heteroatoms. The molecule has 29 heavy (non-hydrogen) atoms. The number of sulfonamides is 1. The lowest BCUT2D eigenvalue weighted by Crippen LogP contribution is -2.29. The Kier molecular flexibility index (Phi) is 5.25. The van der Waals surface area contributed by atoms with Gasteiger partial charge in [0.05, 0.1) is 17.0 Å². The molecule has 1 aliphatic rings. The summed E-state index contributed by atoms with van der Waals surface area (Å²) in [6.45, 7) is 0.541. The number of benzene rings is 2. The number of hydrogen-bond donors (Lipinski definition) is 1. The number of hydrogen-bond acceptors (Lipinski definition) is 4. The molecule has 0 unspecified atom stereocenters. The maximum Gasteiger partial charge on any atom is 0.259 e. The zero-order valence-corrected chi connectivity index (χ0v) is 16.9. The van der Waals surface area contributed by atoms with E-state index in [-0.39, 0.29) is 11.7 Å². The second-order valence-corrected chi connectivity index (χ2v) is 8.87. The molecule has 0 atom stereocenters. The van der Waals surface area contributed by atoms with Crippen molar-refractivity contribution in [1.82, 2.24) is 4.98 Å². The molecule has 0 radical (unpaired) electrons. The Hall–Kier alpha value is -2.90.